The normalized spacial score (nSPS) is 12.2. The first kappa shape index (κ1) is 16.6. The van der Waals surface area contributed by atoms with E-state index < -0.39 is 4.92 Å². The first-order valence-corrected chi connectivity index (χ1v) is 8.07. The van der Waals surface area contributed by atoms with Crippen molar-refractivity contribution < 1.29 is 9.66 Å². The minimum absolute atomic E-state index is 0.0157. The van der Waals surface area contributed by atoms with E-state index in [2.05, 4.69) is 12.2 Å². The third-order valence-corrected chi connectivity index (χ3v) is 3.44. The Hall–Kier alpha value is -1.43. The predicted octanol–water partition coefficient (Wildman–Crippen LogP) is 3.94. The Morgan fingerprint density at radius 2 is 2.10 bits per heavy atom. The molecule has 0 aliphatic carbocycles. The van der Waals surface area contributed by atoms with Crippen LogP contribution in [0.3, 0.4) is 0 Å². The molecule has 0 fully saturated rings. The van der Waals surface area contributed by atoms with Crippen LogP contribution in [-0.4, -0.2) is 29.1 Å². The number of hydrogen-bond acceptors (Lipinski definition) is 5. The average Bonchev–Trinajstić information content (AvgIpc) is 2.37. The van der Waals surface area contributed by atoms with Gasteiger partial charge in [0.2, 0.25) is 0 Å². The van der Waals surface area contributed by atoms with Gasteiger partial charge in [0.1, 0.15) is 5.75 Å². The number of nitrogens with one attached hydrogen (secondary N) is 1. The molecule has 1 N–H and O–H groups in total. The lowest BCUT2D eigenvalue weighted by molar-refractivity contribution is -0.384. The third kappa shape index (κ3) is 5.28. The average molecular weight is 298 g/mol. The Morgan fingerprint density at radius 3 is 2.60 bits per heavy atom. The van der Waals surface area contributed by atoms with Gasteiger partial charge in [0, 0.05) is 29.6 Å². The van der Waals surface area contributed by atoms with Gasteiger partial charge in [-0.05, 0) is 26.5 Å². The number of nitrogens with zero attached hydrogens (tertiary/aromatic N) is 1. The number of nitro benzene ring substituents is 1. The molecular formula is C14H22N2O3S. The van der Waals surface area contributed by atoms with Crippen molar-refractivity contribution in [1.29, 1.82) is 0 Å². The van der Waals surface area contributed by atoms with E-state index in [1.54, 1.807) is 17.8 Å². The first-order chi connectivity index (χ1) is 9.46. The fraction of sp³-hybridized carbons (Fsp3) is 0.571. The highest BCUT2D eigenvalue weighted by Gasteiger charge is 2.13. The molecule has 112 valence electrons. The van der Waals surface area contributed by atoms with Gasteiger partial charge in [-0.3, -0.25) is 10.1 Å². The van der Waals surface area contributed by atoms with Gasteiger partial charge in [0.25, 0.3) is 5.69 Å². The van der Waals surface area contributed by atoms with Crippen molar-refractivity contribution in [2.45, 2.75) is 39.3 Å². The summed E-state index contributed by atoms with van der Waals surface area (Å²) in [4.78, 5) is 10.6. The second kappa shape index (κ2) is 7.99. The molecule has 0 aliphatic heterocycles. The van der Waals surface area contributed by atoms with Gasteiger partial charge < -0.3 is 10.1 Å². The van der Waals surface area contributed by atoms with Gasteiger partial charge in [-0.2, -0.15) is 11.8 Å². The SMILES string of the molecule is CCC(CSC)Nc1cc(OC(C)C)cc([N+](=O)[O-])c1. The van der Waals surface area contributed by atoms with Crippen molar-refractivity contribution >= 4 is 23.1 Å². The smallest absolute Gasteiger partial charge is 0.275 e. The van der Waals surface area contributed by atoms with Gasteiger partial charge in [0.15, 0.2) is 0 Å². The van der Waals surface area contributed by atoms with E-state index in [4.69, 9.17) is 4.74 Å². The highest BCUT2D eigenvalue weighted by molar-refractivity contribution is 7.98. The molecule has 1 rings (SSSR count). The van der Waals surface area contributed by atoms with E-state index in [0.29, 0.717) is 11.8 Å². The molecule has 6 heteroatoms. The van der Waals surface area contributed by atoms with E-state index >= 15 is 0 Å². The highest BCUT2D eigenvalue weighted by atomic mass is 32.2. The number of non-ortho nitro benzene ring substituents is 1. The molecule has 0 aromatic heterocycles. The molecule has 5 nitrogen and oxygen atoms in total. The monoisotopic (exact) mass is 298 g/mol. The minimum atomic E-state index is -0.395. The standard InChI is InChI=1S/C14H22N2O3S/c1-5-11(9-20-4)15-12-6-13(16(17)18)8-14(7-12)19-10(2)3/h6-8,10-11,15H,5,9H2,1-4H3. The van der Waals surface area contributed by atoms with Crippen molar-refractivity contribution in [2.24, 2.45) is 0 Å². The Bertz CT molecular complexity index is 452. The maximum absolute atomic E-state index is 11.0. The van der Waals surface area contributed by atoms with Crippen LogP contribution in [0.15, 0.2) is 18.2 Å². The molecule has 0 amide bonds. The molecule has 0 aliphatic rings. The molecule has 1 unspecified atom stereocenters. The summed E-state index contributed by atoms with van der Waals surface area (Å²) >= 11 is 1.75. The highest BCUT2D eigenvalue weighted by Crippen LogP contribution is 2.27. The number of benzene rings is 1. The molecule has 0 spiro atoms. The van der Waals surface area contributed by atoms with Gasteiger partial charge in [-0.25, -0.2) is 0 Å². The van der Waals surface area contributed by atoms with Crippen molar-refractivity contribution in [3.8, 4) is 5.75 Å². The van der Waals surface area contributed by atoms with Gasteiger partial charge in [0.05, 0.1) is 17.1 Å². The van der Waals surface area contributed by atoms with Crippen LogP contribution in [0.4, 0.5) is 11.4 Å². The van der Waals surface area contributed by atoms with Crippen LogP contribution >= 0.6 is 11.8 Å². The van der Waals surface area contributed by atoms with E-state index in [1.165, 1.54) is 6.07 Å². The molecule has 0 saturated carbocycles. The summed E-state index contributed by atoms with van der Waals surface area (Å²) < 4.78 is 5.57. The van der Waals surface area contributed by atoms with E-state index in [-0.39, 0.29) is 11.8 Å². The number of ether oxygens (including phenoxy) is 1. The first-order valence-electron chi connectivity index (χ1n) is 6.67. The number of rotatable bonds is 8. The lowest BCUT2D eigenvalue weighted by Crippen LogP contribution is -2.21. The molecule has 1 aromatic carbocycles. The lowest BCUT2D eigenvalue weighted by atomic mass is 10.2. The molecule has 1 atom stereocenters. The van der Waals surface area contributed by atoms with Crippen molar-refractivity contribution in [3.63, 3.8) is 0 Å². The largest absolute Gasteiger partial charge is 0.491 e. The van der Waals surface area contributed by atoms with Crippen molar-refractivity contribution in [2.75, 3.05) is 17.3 Å². The quantitative estimate of drug-likeness (QED) is 0.582. The van der Waals surface area contributed by atoms with Gasteiger partial charge in [-0.1, -0.05) is 6.92 Å². The summed E-state index contributed by atoms with van der Waals surface area (Å²) in [5, 5.41) is 14.3. The zero-order valence-electron chi connectivity index (χ0n) is 12.4. The molecule has 0 bridgehead atoms. The predicted molar refractivity (Wildman–Crippen MR) is 84.9 cm³/mol. The number of hydrogen-bond donors (Lipinski definition) is 1. The maximum atomic E-state index is 11.0. The zero-order valence-corrected chi connectivity index (χ0v) is 13.2. The summed E-state index contributed by atoms with van der Waals surface area (Å²) in [5.74, 6) is 1.48. The second-order valence-electron chi connectivity index (χ2n) is 4.84. The molecular weight excluding hydrogens is 276 g/mol. The van der Waals surface area contributed by atoms with Gasteiger partial charge in [-0.15, -0.1) is 0 Å². The Balaban J connectivity index is 2.98. The van der Waals surface area contributed by atoms with Crippen LogP contribution in [0.25, 0.3) is 0 Å². The Labute approximate surface area is 124 Å². The molecule has 0 radical (unpaired) electrons. The zero-order chi connectivity index (χ0) is 15.1. The molecule has 0 saturated heterocycles. The topological polar surface area (TPSA) is 64.4 Å². The van der Waals surface area contributed by atoms with Crippen LogP contribution in [0.2, 0.25) is 0 Å². The van der Waals surface area contributed by atoms with Crippen LogP contribution in [0.5, 0.6) is 5.75 Å². The van der Waals surface area contributed by atoms with E-state index in [1.807, 2.05) is 26.2 Å². The van der Waals surface area contributed by atoms with E-state index in [9.17, 15) is 10.1 Å². The summed E-state index contributed by atoms with van der Waals surface area (Å²) in [7, 11) is 0. The Kier molecular flexibility index (Phi) is 6.64. The minimum Gasteiger partial charge on any atom is -0.491 e. The summed E-state index contributed by atoms with van der Waals surface area (Å²) in [6.07, 6.45) is 2.99. The van der Waals surface area contributed by atoms with Crippen LogP contribution in [0, 0.1) is 10.1 Å². The molecule has 0 heterocycles. The third-order valence-electron chi connectivity index (χ3n) is 2.71. The number of anilines is 1. The number of nitro groups is 1. The summed E-state index contributed by atoms with van der Waals surface area (Å²) in [5.41, 5.74) is 0.778. The van der Waals surface area contributed by atoms with Crippen molar-refractivity contribution in [3.05, 3.63) is 28.3 Å². The van der Waals surface area contributed by atoms with E-state index in [0.717, 1.165) is 17.9 Å². The van der Waals surface area contributed by atoms with Crippen LogP contribution in [0.1, 0.15) is 27.2 Å². The van der Waals surface area contributed by atoms with Crippen LogP contribution < -0.4 is 10.1 Å². The molecule has 1 aromatic rings. The maximum Gasteiger partial charge on any atom is 0.275 e. The van der Waals surface area contributed by atoms with Crippen molar-refractivity contribution in [1.82, 2.24) is 0 Å². The summed E-state index contributed by atoms with van der Waals surface area (Å²) in [6.45, 7) is 5.89. The Morgan fingerprint density at radius 1 is 1.40 bits per heavy atom. The van der Waals surface area contributed by atoms with Crippen LogP contribution in [-0.2, 0) is 0 Å². The summed E-state index contributed by atoms with van der Waals surface area (Å²) in [6, 6.07) is 5.12. The number of thioether (sulfide) groups is 1. The lowest BCUT2D eigenvalue weighted by Gasteiger charge is -2.18. The molecule has 20 heavy (non-hydrogen) atoms. The fourth-order valence-corrected chi connectivity index (χ4v) is 2.53. The van der Waals surface area contributed by atoms with Gasteiger partial charge >= 0.3 is 0 Å². The second-order valence-corrected chi connectivity index (χ2v) is 5.75. The fourth-order valence-electron chi connectivity index (χ4n) is 1.81.